The third-order valence-corrected chi connectivity index (χ3v) is 10.5. The minimum Gasteiger partial charge on any atom is -0.425 e. The highest BCUT2D eigenvalue weighted by molar-refractivity contribution is 6.41. The first-order chi connectivity index (χ1) is 25.7. The van der Waals surface area contributed by atoms with Crippen LogP contribution in [0, 0.1) is 37.2 Å². The summed E-state index contributed by atoms with van der Waals surface area (Å²) < 4.78 is 123. The molecular weight excluding hydrogens is 765 g/mol. The van der Waals surface area contributed by atoms with E-state index in [2.05, 4.69) is 35.9 Å². The zero-order chi connectivity index (χ0) is 41.9. The van der Waals surface area contributed by atoms with Gasteiger partial charge in [-0.25, -0.2) is 13.2 Å². The zero-order valence-electron chi connectivity index (χ0n) is 31.5. The second-order valence-corrected chi connectivity index (χ2v) is 15.8. The van der Waals surface area contributed by atoms with Crippen LogP contribution in [0.25, 0.3) is 0 Å². The number of Topliss-reactive ketones (excluding diaryl/α,β-unsaturated/α-hetero) is 2. The van der Waals surface area contributed by atoms with Crippen molar-refractivity contribution in [1.29, 1.82) is 0 Å². The van der Waals surface area contributed by atoms with Crippen molar-refractivity contribution in [3.63, 3.8) is 0 Å². The average Bonchev–Trinajstić information content (AvgIpc) is 3.81. The molecule has 1 spiro atoms. The molecule has 0 aliphatic carbocycles. The summed E-state index contributed by atoms with van der Waals surface area (Å²) in [4.78, 5) is 42.1. The minimum absolute atomic E-state index is 0.0555. The normalized spacial score (nSPS) is 21.5. The highest BCUT2D eigenvalue weighted by Crippen LogP contribution is 2.55. The first kappa shape index (κ1) is 42.7. The molecule has 0 radical (unpaired) electrons. The number of pyridine rings is 1. The molecule has 3 atom stereocenters. The van der Waals surface area contributed by atoms with Gasteiger partial charge in [0.1, 0.15) is 23.1 Å². The largest absolute Gasteiger partial charge is 0.458 e. The number of ether oxygens (including phenoxy) is 1. The second kappa shape index (κ2) is 14.8. The van der Waals surface area contributed by atoms with Crippen LogP contribution in [0.3, 0.4) is 0 Å². The molecule has 19 heteroatoms. The molecule has 1 unspecified atom stereocenters. The fraction of sp³-hybridized carbons (Fsp3) is 0.568. The summed E-state index contributed by atoms with van der Waals surface area (Å²) in [5.41, 5.74) is 0.158. The molecule has 2 saturated heterocycles. The number of carbonyl (C=O) groups excluding carboxylic acids is 3. The monoisotopic (exact) mass is 805 g/mol. The number of likely N-dealkylation sites (tertiary alicyclic amines) is 2. The van der Waals surface area contributed by atoms with Crippen LogP contribution < -0.4 is 0 Å². The topological polar surface area (TPSA) is 119 Å². The SMILES string of the molecule is Cc1nnc(C(C)(C)C2OC3(CCN(C(=O)[C@@H]4CN(C(C)(C)C)C[C@H]4c4ccc(F)cc4F)CC3)c3nc(C)c(F)cc32)o1.O=C(C(=O)C(F)(F)F)C(F)(F)F. The van der Waals surface area contributed by atoms with Gasteiger partial charge in [0.2, 0.25) is 17.7 Å². The van der Waals surface area contributed by atoms with E-state index in [0.717, 1.165) is 6.07 Å². The quantitative estimate of drug-likeness (QED) is 0.196. The molecule has 3 aliphatic rings. The van der Waals surface area contributed by atoms with Gasteiger partial charge in [-0.2, -0.15) is 26.3 Å². The Morgan fingerprint density at radius 3 is 1.89 bits per heavy atom. The number of rotatable bonds is 5. The van der Waals surface area contributed by atoms with E-state index >= 15 is 4.39 Å². The van der Waals surface area contributed by atoms with Gasteiger partial charge >= 0.3 is 23.9 Å². The molecule has 5 heterocycles. The fourth-order valence-corrected chi connectivity index (χ4v) is 7.36. The number of aryl methyl sites for hydroxylation is 2. The Morgan fingerprint density at radius 2 is 1.39 bits per heavy atom. The molecule has 306 valence electrons. The molecule has 3 aliphatic heterocycles. The molecule has 2 aromatic heterocycles. The van der Waals surface area contributed by atoms with Gasteiger partial charge in [-0.1, -0.05) is 6.07 Å². The smallest absolute Gasteiger partial charge is 0.425 e. The first-order valence-corrected chi connectivity index (χ1v) is 17.5. The predicted octanol–water partition coefficient (Wildman–Crippen LogP) is 7.13. The summed E-state index contributed by atoms with van der Waals surface area (Å²) in [6, 6.07) is 5.11. The molecule has 1 aromatic carbocycles. The van der Waals surface area contributed by atoms with Gasteiger partial charge in [-0.3, -0.25) is 24.3 Å². The van der Waals surface area contributed by atoms with Crippen LogP contribution in [-0.4, -0.2) is 86.5 Å². The third kappa shape index (κ3) is 8.33. The summed E-state index contributed by atoms with van der Waals surface area (Å²) in [5, 5.41) is 8.23. The lowest BCUT2D eigenvalue weighted by molar-refractivity contribution is -0.193. The van der Waals surface area contributed by atoms with Crippen LogP contribution >= 0.6 is 0 Å². The number of aromatic nitrogens is 3. The van der Waals surface area contributed by atoms with Crippen LogP contribution in [0.15, 0.2) is 28.7 Å². The van der Waals surface area contributed by atoms with E-state index in [1.54, 1.807) is 13.8 Å². The predicted molar refractivity (Wildman–Crippen MR) is 178 cm³/mol. The lowest BCUT2D eigenvalue weighted by Crippen LogP contribution is -2.49. The number of hydrogen-bond donors (Lipinski definition) is 0. The second-order valence-electron chi connectivity index (χ2n) is 15.8. The van der Waals surface area contributed by atoms with Crippen molar-refractivity contribution in [2.24, 2.45) is 5.92 Å². The Labute approximate surface area is 315 Å². The number of alkyl halides is 6. The Kier molecular flexibility index (Phi) is 11.3. The molecule has 0 N–H and O–H groups in total. The van der Waals surface area contributed by atoms with Gasteiger partial charge in [0, 0.05) is 56.2 Å². The number of piperidine rings is 1. The van der Waals surface area contributed by atoms with Crippen LogP contribution in [0.1, 0.15) is 93.8 Å². The molecular formula is C37H40F9N5O5. The molecule has 2 fully saturated rings. The van der Waals surface area contributed by atoms with Crippen LogP contribution in [0.4, 0.5) is 39.5 Å². The van der Waals surface area contributed by atoms with Crippen molar-refractivity contribution in [3.05, 3.63) is 76.0 Å². The summed E-state index contributed by atoms with van der Waals surface area (Å²) in [6.07, 6.45) is -11.2. The van der Waals surface area contributed by atoms with E-state index in [4.69, 9.17) is 14.1 Å². The van der Waals surface area contributed by atoms with Crippen LogP contribution in [0.5, 0.6) is 0 Å². The summed E-state index contributed by atoms with van der Waals surface area (Å²) in [6.45, 7) is 15.2. The highest BCUT2D eigenvalue weighted by atomic mass is 19.4. The number of benzene rings is 1. The van der Waals surface area contributed by atoms with E-state index in [0.29, 0.717) is 67.6 Å². The number of amides is 1. The van der Waals surface area contributed by atoms with Crippen molar-refractivity contribution in [2.45, 2.75) is 102 Å². The molecule has 1 amide bonds. The minimum atomic E-state index is -5.77. The van der Waals surface area contributed by atoms with Gasteiger partial charge in [-0.15, -0.1) is 10.2 Å². The van der Waals surface area contributed by atoms with Crippen LogP contribution in [-0.2, 0) is 30.1 Å². The number of carbonyl (C=O) groups is 3. The van der Waals surface area contributed by atoms with E-state index in [-0.39, 0.29) is 17.1 Å². The molecule has 56 heavy (non-hydrogen) atoms. The maximum Gasteiger partial charge on any atom is 0.458 e. The summed E-state index contributed by atoms with van der Waals surface area (Å²) in [7, 11) is 0. The molecule has 6 rings (SSSR count). The fourth-order valence-electron chi connectivity index (χ4n) is 7.36. The summed E-state index contributed by atoms with van der Waals surface area (Å²) in [5.74, 6) is -8.63. The Morgan fingerprint density at radius 1 is 0.804 bits per heavy atom. The Bertz CT molecular complexity index is 1970. The Hall–Kier alpha value is -4.39. The number of halogens is 9. The van der Waals surface area contributed by atoms with Gasteiger partial charge in [0.25, 0.3) is 0 Å². The van der Waals surface area contributed by atoms with Crippen molar-refractivity contribution in [2.75, 3.05) is 26.2 Å². The third-order valence-electron chi connectivity index (χ3n) is 10.5. The van der Waals surface area contributed by atoms with E-state index in [1.165, 1.54) is 18.2 Å². The highest BCUT2D eigenvalue weighted by Gasteiger charge is 2.56. The van der Waals surface area contributed by atoms with E-state index in [9.17, 15) is 49.5 Å². The lowest BCUT2D eigenvalue weighted by Gasteiger charge is -2.41. The number of hydrogen-bond acceptors (Lipinski definition) is 9. The number of nitrogens with zero attached hydrogens (tertiary/aromatic N) is 5. The van der Waals surface area contributed by atoms with Crippen molar-refractivity contribution < 1.29 is 63.1 Å². The van der Waals surface area contributed by atoms with Gasteiger partial charge in [-0.05, 0) is 72.1 Å². The lowest BCUT2D eigenvalue weighted by atomic mass is 9.81. The van der Waals surface area contributed by atoms with Gasteiger partial charge in [0.05, 0.1) is 28.8 Å². The summed E-state index contributed by atoms with van der Waals surface area (Å²) >= 11 is 0. The van der Waals surface area contributed by atoms with Crippen molar-refractivity contribution in [1.82, 2.24) is 25.0 Å². The Balaban J connectivity index is 0.000000433. The molecule has 10 nitrogen and oxygen atoms in total. The van der Waals surface area contributed by atoms with Gasteiger partial charge < -0.3 is 14.1 Å². The first-order valence-electron chi connectivity index (χ1n) is 17.5. The standard InChI is InChI=1S/C33H40F3N5O3.C4F6O2/c1-18-25(35)15-22-27(37-18)33(44-28(22)32(6,7)30-39-38-19(2)43-30)10-12-40(13-11-33)29(42)24-17-41(31(3,4)5)16-23(24)21-9-8-20(34)14-26(21)36;5-3(6,7)1(11)2(12)4(8,9)10/h8-9,14-15,23-24,28H,10-13,16-17H2,1-7H3;/t23-,24+,28?;/m0./s1. The maximum absolute atomic E-state index is 15.0. The number of fused-ring (bicyclic) bond motifs is 2. The average molecular weight is 806 g/mol. The van der Waals surface area contributed by atoms with E-state index in [1.807, 2.05) is 18.7 Å². The molecule has 3 aromatic rings. The van der Waals surface area contributed by atoms with E-state index < -0.39 is 70.3 Å². The van der Waals surface area contributed by atoms with Crippen molar-refractivity contribution >= 4 is 17.5 Å². The van der Waals surface area contributed by atoms with Gasteiger partial charge in [0.15, 0.2) is 0 Å². The molecule has 0 saturated carbocycles. The van der Waals surface area contributed by atoms with Crippen molar-refractivity contribution in [3.8, 4) is 0 Å². The van der Waals surface area contributed by atoms with Crippen LogP contribution in [0.2, 0.25) is 0 Å². The maximum atomic E-state index is 15.0. The zero-order valence-corrected chi connectivity index (χ0v) is 31.5. The number of ketones is 2. The molecule has 0 bridgehead atoms.